The third kappa shape index (κ3) is 4.40. The Morgan fingerprint density at radius 1 is 1.42 bits per heavy atom. The first-order chi connectivity index (χ1) is 8.69. The fourth-order valence-electron chi connectivity index (χ4n) is 2.51. The third-order valence-corrected chi connectivity index (χ3v) is 3.56. The van der Waals surface area contributed by atoms with E-state index in [-0.39, 0.29) is 24.2 Å². The van der Waals surface area contributed by atoms with E-state index >= 15 is 0 Å². The maximum atomic E-state index is 11.5. The molecule has 1 saturated heterocycles. The van der Waals surface area contributed by atoms with Gasteiger partial charge in [-0.25, -0.2) is 0 Å². The molecule has 1 aromatic carbocycles. The Morgan fingerprint density at radius 2 is 2.11 bits per heavy atom. The number of piperidine rings is 1. The number of benzene rings is 1. The van der Waals surface area contributed by atoms with E-state index in [9.17, 15) is 4.79 Å². The van der Waals surface area contributed by atoms with Gasteiger partial charge >= 0.3 is 0 Å². The Labute approximate surface area is 120 Å². The van der Waals surface area contributed by atoms with Gasteiger partial charge in [-0.1, -0.05) is 12.1 Å². The summed E-state index contributed by atoms with van der Waals surface area (Å²) in [7, 11) is 1.71. The van der Waals surface area contributed by atoms with Crippen LogP contribution in [0.2, 0.25) is 0 Å². The summed E-state index contributed by atoms with van der Waals surface area (Å²) in [6, 6.07) is 8.01. The minimum absolute atomic E-state index is 0. The van der Waals surface area contributed by atoms with E-state index in [1.54, 1.807) is 7.05 Å². The van der Waals surface area contributed by atoms with Gasteiger partial charge < -0.3 is 11.1 Å². The van der Waals surface area contributed by atoms with Gasteiger partial charge in [-0.05, 0) is 43.6 Å². The van der Waals surface area contributed by atoms with E-state index in [0.717, 1.165) is 38.2 Å². The monoisotopic (exact) mass is 283 g/mol. The molecule has 1 aliphatic heterocycles. The van der Waals surface area contributed by atoms with Crippen LogP contribution in [0, 0.1) is 5.92 Å². The molecule has 0 bridgehead atoms. The fraction of sp³-hybridized carbons (Fsp3) is 0.500. The normalized spacial score (nSPS) is 16.7. The molecule has 0 radical (unpaired) electrons. The van der Waals surface area contributed by atoms with Gasteiger partial charge in [0.25, 0.3) is 0 Å². The number of carbonyl (C=O) groups excluding carboxylic acids is 1. The van der Waals surface area contributed by atoms with Gasteiger partial charge in [0.1, 0.15) is 0 Å². The Balaban J connectivity index is 0.00000180. The number of nitrogens with two attached hydrogens (primary N) is 1. The highest BCUT2D eigenvalue weighted by atomic mass is 35.5. The summed E-state index contributed by atoms with van der Waals surface area (Å²) in [4.78, 5) is 13.9. The van der Waals surface area contributed by atoms with Crippen LogP contribution in [0.4, 0.5) is 5.69 Å². The largest absolute Gasteiger partial charge is 0.399 e. The van der Waals surface area contributed by atoms with Crippen LogP contribution in [0.5, 0.6) is 0 Å². The number of rotatable bonds is 3. The molecule has 1 fully saturated rings. The SMILES string of the molecule is CNC(=O)C1CCN(Cc2cccc(N)c2)CC1.Cl. The quantitative estimate of drug-likeness (QED) is 0.830. The average Bonchev–Trinajstić information content (AvgIpc) is 2.39. The highest BCUT2D eigenvalue weighted by molar-refractivity contribution is 5.85. The molecule has 1 heterocycles. The number of hydrogen-bond donors (Lipinski definition) is 2. The summed E-state index contributed by atoms with van der Waals surface area (Å²) in [5.41, 5.74) is 7.83. The van der Waals surface area contributed by atoms with E-state index in [2.05, 4.69) is 16.3 Å². The standard InChI is InChI=1S/C14H21N3O.ClH/c1-16-14(18)12-5-7-17(8-6-12)10-11-3-2-4-13(15)9-11;/h2-4,9,12H,5-8,10,15H2,1H3,(H,16,18);1H. The summed E-state index contributed by atoms with van der Waals surface area (Å²) in [6.45, 7) is 2.88. The summed E-state index contributed by atoms with van der Waals surface area (Å²) in [5, 5.41) is 2.73. The fourth-order valence-corrected chi connectivity index (χ4v) is 2.51. The highest BCUT2D eigenvalue weighted by Crippen LogP contribution is 2.19. The molecule has 19 heavy (non-hydrogen) atoms. The molecular formula is C14H22ClN3O. The molecule has 0 unspecified atom stereocenters. The van der Waals surface area contributed by atoms with Crippen molar-refractivity contribution in [3.63, 3.8) is 0 Å². The smallest absolute Gasteiger partial charge is 0.222 e. The van der Waals surface area contributed by atoms with E-state index in [1.807, 2.05) is 18.2 Å². The van der Waals surface area contributed by atoms with Crippen LogP contribution >= 0.6 is 12.4 Å². The zero-order valence-electron chi connectivity index (χ0n) is 11.3. The first kappa shape index (κ1) is 15.8. The lowest BCUT2D eigenvalue weighted by Crippen LogP contribution is -2.39. The molecule has 1 amide bonds. The van der Waals surface area contributed by atoms with Crippen molar-refractivity contribution in [3.05, 3.63) is 29.8 Å². The van der Waals surface area contributed by atoms with E-state index in [1.165, 1.54) is 5.56 Å². The molecule has 0 saturated carbocycles. The topological polar surface area (TPSA) is 58.4 Å². The Bertz CT molecular complexity index is 417. The first-order valence-electron chi connectivity index (χ1n) is 6.47. The van der Waals surface area contributed by atoms with Gasteiger partial charge in [-0.3, -0.25) is 9.69 Å². The number of likely N-dealkylation sites (tertiary alicyclic amines) is 1. The van der Waals surface area contributed by atoms with Crippen LogP contribution in [-0.2, 0) is 11.3 Å². The molecule has 1 aromatic rings. The second kappa shape index (κ2) is 7.36. The van der Waals surface area contributed by atoms with E-state index in [0.29, 0.717) is 0 Å². The summed E-state index contributed by atoms with van der Waals surface area (Å²) >= 11 is 0. The Hall–Kier alpha value is -1.26. The van der Waals surface area contributed by atoms with Crippen LogP contribution in [0.3, 0.4) is 0 Å². The number of amides is 1. The first-order valence-corrected chi connectivity index (χ1v) is 6.47. The molecule has 0 spiro atoms. The molecular weight excluding hydrogens is 262 g/mol. The zero-order valence-corrected chi connectivity index (χ0v) is 12.1. The highest BCUT2D eigenvalue weighted by Gasteiger charge is 2.23. The molecule has 1 aliphatic rings. The van der Waals surface area contributed by atoms with Gasteiger partial charge in [-0.15, -0.1) is 12.4 Å². The third-order valence-electron chi connectivity index (χ3n) is 3.56. The number of anilines is 1. The van der Waals surface area contributed by atoms with Gasteiger partial charge in [0.15, 0.2) is 0 Å². The summed E-state index contributed by atoms with van der Waals surface area (Å²) in [5.74, 6) is 0.366. The van der Waals surface area contributed by atoms with Crippen molar-refractivity contribution in [1.29, 1.82) is 0 Å². The minimum atomic E-state index is 0. The molecule has 2 rings (SSSR count). The predicted octanol–water partition coefficient (Wildman–Crippen LogP) is 1.65. The van der Waals surface area contributed by atoms with Gasteiger partial charge in [-0.2, -0.15) is 0 Å². The van der Waals surface area contributed by atoms with Gasteiger partial charge in [0.05, 0.1) is 0 Å². The van der Waals surface area contributed by atoms with Crippen molar-refractivity contribution >= 4 is 24.0 Å². The van der Waals surface area contributed by atoms with Crippen LogP contribution in [0.25, 0.3) is 0 Å². The second-order valence-corrected chi connectivity index (χ2v) is 4.91. The van der Waals surface area contributed by atoms with Crippen LogP contribution in [0.15, 0.2) is 24.3 Å². The van der Waals surface area contributed by atoms with Gasteiger partial charge in [0, 0.05) is 25.2 Å². The van der Waals surface area contributed by atoms with Crippen LogP contribution < -0.4 is 11.1 Å². The zero-order chi connectivity index (χ0) is 13.0. The van der Waals surface area contributed by atoms with Crippen LogP contribution in [-0.4, -0.2) is 30.9 Å². The van der Waals surface area contributed by atoms with Gasteiger partial charge in [0.2, 0.25) is 5.91 Å². The van der Waals surface area contributed by atoms with Crippen molar-refractivity contribution in [1.82, 2.24) is 10.2 Å². The molecule has 106 valence electrons. The molecule has 0 aliphatic carbocycles. The maximum absolute atomic E-state index is 11.5. The van der Waals surface area contributed by atoms with Crippen molar-refractivity contribution in [2.45, 2.75) is 19.4 Å². The minimum Gasteiger partial charge on any atom is -0.399 e. The number of carbonyl (C=O) groups is 1. The molecule has 5 heteroatoms. The van der Waals surface area contributed by atoms with Crippen molar-refractivity contribution < 1.29 is 4.79 Å². The second-order valence-electron chi connectivity index (χ2n) is 4.91. The van der Waals surface area contributed by atoms with Crippen molar-refractivity contribution in [3.8, 4) is 0 Å². The van der Waals surface area contributed by atoms with Crippen molar-refractivity contribution in [2.24, 2.45) is 5.92 Å². The molecule has 3 N–H and O–H groups in total. The van der Waals surface area contributed by atoms with Crippen LogP contribution in [0.1, 0.15) is 18.4 Å². The number of nitrogen functional groups attached to an aromatic ring is 1. The number of hydrogen-bond acceptors (Lipinski definition) is 3. The average molecular weight is 284 g/mol. The number of halogens is 1. The summed E-state index contributed by atoms with van der Waals surface area (Å²) < 4.78 is 0. The molecule has 4 nitrogen and oxygen atoms in total. The molecule has 0 atom stereocenters. The number of nitrogens with one attached hydrogen (secondary N) is 1. The summed E-state index contributed by atoms with van der Waals surface area (Å²) in [6.07, 6.45) is 1.89. The lowest BCUT2D eigenvalue weighted by atomic mass is 9.95. The molecule has 0 aromatic heterocycles. The van der Waals surface area contributed by atoms with Crippen molar-refractivity contribution in [2.75, 3.05) is 25.9 Å². The predicted molar refractivity (Wildman–Crippen MR) is 80.2 cm³/mol. The number of nitrogens with zero attached hydrogens (tertiary/aromatic N) is 1. The lowest BCUT2D eigenvalue weighted by molar-refractivity contribution is -0.125. The Kier molecular flexibility index (Phi) is 6.12. The Morgan fingerprint density at radius 3 is 2.68 bits per heavy atom. The lowest BCUT2D eigenvalue weighted by Gasteiger charge is -2.31. The van der Waals surface area contributed by atoms with E-state index in [4.69, 9.17) is 5.73 Å². The van der Waals surface area contributed by atoms with E-state index < -0.39 is 0 Å². The maximum Gasteiger partial charge on any atom is 0.222 e.